The maximum Gasteiger partial charge on any atom is 0.290 e. The summed E-state index contributed by atoms with van der Waals surface area (Å²) < 4.78 is 17.6. The molecule has 3 atom stereocenters. The zero-order valence-electron chi connectivity index (χ0n) is 14.2. The Kier molecular flexibility index (Phi) is 4.06. The molecule has 0 bridgehead atoms. The molecule has 0 spiro atoms. The number of rotatable bonds is 3. The van der Waals surface area contributed by atoms with Crippen LogP contribution >= 0.6 is 0 Å². The number of carbonyl (C=O) groups is 1. The number of hydrogen-bond acceptors (Lipinski definition) is 4. The Hall–Kier alpha value is -1.85. The van der Waals surface area contributed by atoms with Crippen LogP contribution in [-0.2, 0) is 9.47 Å². The minimum atomic E-state index is -0.0286. The van der Waals surface area contributed by atoms with E-state index in [1.807, 2.05) is 43.0 Å². The first kappa shape index (κ1) is 15.7. The number of piperidine rings is 1. The van der Waals surface area contributed by atoms with Gasteiger partial charge in [-0.1, -0.05) is 18.2 Å². The Bertz CT molecular complexity index is 753. The monoisotopic (exact) mass is 329 g/mol. The third-order valence-corrected chi connectivity index (χ3v) is 5.20. The lowest BCUT2D eigenvalue weighted by molar-refractivity contribution is -0.0886. The van der Waals surface area contributed by atoms with Crippen molar-refractivity contribution >= 4 is 16.9 Å². The lowest BCUT2D eigenvalue weighted by Crippen LogP contribution is -2.55. The predicted molar refractivity (Wildman–Crippen MR) is 90.2 cm³/mol. The van der Waals surface area contributed by atoms with Crippen molar-refractivity contribution in [1.29, 1.82) is 0 Å². The molecule has 2 aromatic rings. The first-order valence-electron chi connectivity index (χ1n) is 8.73. The molecule has 2 saturated heterocycles. The van der Waals surface area contributed by atoms with Crippen LogP contribution in [0.3, 0.4) is 0 Å². The van der Waals surface area contributed by atoms with E-state index in [0.29, 0.717) is 25.5 Å². The summed E-state index contributed by atoms with van der Waals surface area (Å²) in [7, 11) is 0. The van der Waals surface area contributed by atoms with Crippen LogP contribution in [0.2, 0.25) is 0 Å². The third kappa shape index (κ3) is 2.43. The quantitative estimate of drug-likeness (QED) is 0.868. The van der Waals surface area contributed by atoms with E-state index in [9.17, 15) is 4.79 Å². The standard InChI is InChI=1S/C19H23NO4/c1-3-22-16-8-10-20(14-9-11-23-18(14)16)19(21)17-12(2)13-6-4-5-7-15(13)24-17/h4-7,14,16,18H,3,8-11H2,1-2H3/t14-,16+,18-/m0/s1. The zero-order valence-corrected chi connectivity index (χ0v) is 14.2. The van der Waals surface area contributed by atoms with Gasteiger partial charge in [0.25, 0.3) is 5.91 Å². The summed E-state index contributed by atoms with van der Waals surface area (Å²) in [6.45, 7) is 5.99. The van der Waals surface area contributed by atoms with Crippen LogP contribution in [0.5, 0.6) is 0 Å². The van der Waals surface area contributed by atoms with Gasteiger partial charge in [0.15, 0.2) is 5.76 Å². The van der Waals surface area contributed by atoms with Gasteiger partial charge < -0.3 is 18.8 Å². The van der Waals surface area contributed by atoms with Crippen molar-refractivity contribution in [3.63, 3.8) is 0 Å². The second-order valence-corrected chi connectivity index (χ2v) is 6.52. The van der Waals surface area contributed by atoms with Gasteiger partial charge in [-0.2, -0.15) is 0 Å². The van der Waals surface area contributed by atoms with E-state index in [-0.39, 0.29) is 24.2 Å². The van der Waals surface area contributed by atoms with Crippen molar-refractivity contribution in [2.45, 2.75) is 44.9 Å². The van der Waals surface area contributed by atoms with Gasteiger partial charge in [-0.15, -0.1) is 0 Å². The maximum absolute atomic E-state index is 13.1. The Morgan fingerprint density at radius 1 is 1.33 bits per heavy atom. The van der Waals surface area contributed by atoms with E-state index < -0.39 is 0 Å². The van der Waals surface area contributed by atoms with Gasteiger partial charge in [0, 0.05) is 30.7 Å². The number of hydrogen-bond donors (Lipinski definition) is 0. The van der Waals surface area contributed by atoms with E-state index >= 15 is 0 Å². The van der Waals surface area contributed by atoms with E-state index in [2.05, 4.69) is 0 Å². The average molecular weight is 329 g/mol. The van der Waals surface area contributed by atoms with Gasteiger partial charge in [0.2, 0.25) is 0 Å². The summed E-state index contributed by atoms with van der Waals surface area (Å²) in [5.41, 5.74) is 1.68. The number of ether oxygens (including phenoxy) is 2. The lowest BCUT2D eigenvalue weighted by atomic mass is 9.95. The molecule has 2 fully saturated rings. The van der Waals surface area contributed by atoms with E-state index in [1.165, 1.54) is 0 Å². The van der Waals surface area contributed by atoms with E-state index in [0.717, 1.165) is 29.4 Å². The average Bonchev–Trinajstić information content (AvgIpc) is 3.21. The first-order chi connectivity index (χ1) is 11.7. The zero-order chi connectivity index (χ0) is 16.7. The van der Waals surface area contributed by atoms with Gasteiger partial charge in [0.1, 0.15) is 11.7 Å². The number of carbonyl (C=O) groups excluding carboxylic acids is 1. The summed E-state index contributed by atoms with van der Waals surface area (Å²) in [5, 5.41) is 1.00. The van der Waals surface area contributed by atoms with Crippen molar-refractivity contribution in [3.05, 3.63) is 35.6 Å². The molecule has 3 heterocycles. The van der Waals surface area contributed by atoms with Gasteiger partial charge in [-0.05, 0) is 32.8 Å². The highest BCUT2D eigenvalue weighted by atomic mass is 16.5. The van der Waals surface area contributed by atoms with Crippen LogP contribution in [-0.4, -0.2) is 48.8 Å². The Balaban J connectivity index is 1.63. The van der Waals surface area contributed by atoms with Crippen LogP contribution in [0.4, 0.5) is 0 Å². The number of amides is 1. The largest absolute Gasteiger partial charge is 0.451 e. The second kappa shape index (κ2) is 6.22. The van der Waals surface area contributed by atoms with Crippen molar-refractivity contribution in [3.8, 4) is 0 Å². The summed E-state index contributed by atoms with van der Waals surface area (Å²) in [6.07, 6.45) is 1.73. The Morgan fingerprint density at radius 2 is 2.17 bits per heavy atom. The highest BCUT2D eigenvalue weighted by molar-refractivity contribution is 5.99. The molecule has 0 unspecified atom stereocenters. The van der Waals surface area contributed by atoms with E-state index in [1.54, 1.807) is 0 Å². The number of likely N-dealkylation sites (tertiary alicyclic amines) is 1. The molecular formula is C19H23NO4. The minimum absolute atomic E-state index is 0.0210. The molecule has 1 amide bonds. The molecule has 1 aromatic carbocycles. The van der Waals surface area contributed by atoms with Crippen LogP contribution in [0.25, 0.3) is 11.0 Å². The van der Waals surface area contributed by atoms with Crippen LogP contribution in [0, 0.1) is 6.92 Å². The molecule has 0 saturated carbocycles. The molecule has 2 aliphatic rings. The van der Waals surface area contributed by atoms with Crippen LogP contribution in [0.15, 0.2) is 28.7 Å². The van der Waals surface area contributed by atoms with Gasteiger partial charge >= 0.3 is 0 Å². The Morgan fingerprint density at radius 3 is 2.96 bits per heavy atom. The van der Waals surface area contributed by atoms with Crippen molar-refractivity contribution < 1.29 is 18.7 Å². The van der Waals surface area contributed by atoms with Crippen LogP contribution in [0.1, 0.15) is 35.9 Å². The van der Waals surface area contributed by atoms with Crippen molar-refractivity contribution in [1.82, 2.24) is 4.90 Å². The number of aryl methyl sites for hydroxylation is 1. The molecule has 0 aliphatic carbocycles. The van der Waals surface area contributed by atoms with Crippen molar-refractivity contribution in [2.24, 2.45) is 0 Å². The van der Waals surface area contributed by atoms with Gasteiger partial charge in [0.05, 0.1) is 12.1 Å². The summed E-state index contributed by atoms with van der Waals surface area (Å²) in [4.78, 5) is 15.1. The SMILES string of the molecule is CCO[C@@H]1CCN(C(=O)c2oc3ccccc3c2C)[C@H]2CCO[C@H]12. The lowest BCUT2D eigenvalue weighted by Gasteiger charge is -2.40. The summed E-state index contributed by atoms with van der Waals surface area (Å²) in [5.74, 6) is 0.427. The van der Waals surface area contributed by atoms with Crippen LogP contribution < -0.4 is 0 Å². The molecule has 2 aliphatic heterocycles. The normalized spacial score (nSPS) is 26.8. The Labute approximate surface area is 141 Å². The second-order valence-electron chi connectivity index (χ2n) is 6.52. The number of nitrogens with zero attached hydrogens (tertiary/aromatic N) is 1. The highest BCUT2D eigenvalue weighted by Gasteiger charge is 2.45. The molecule has 5 heteroatoms. The molecule has 128 valence electrons. The fourth-order valence-electron chi connectivity index (χ4n) is 4.04. The molecule has 0 N–H and O–H groups in total. The molecule has 4 rings (SSSR count). The molecule has 0 radical (unpaired) electrons. The topological polar surface area (TPSA) is 51.9 Å². The molecular weight excluding hydrogens is 306 g/mol. The van der Waals surface area contributed by atoms with Crippen molar-refractivity contribution in [2.75, 3.05) is 19.8 Å². The number of fused-ring (bicyclic) bond motifs is 2. The number of furan rings is 1. The molecule has 1 aromatic heterocycles. The summed E-state index contributed by atoms with van der Waals surface area (Å²) in [6, 6.07) is 7.87. The van der Waals surface area contributed by atoms with Gasteiger partial charge in [-0.3, -0.25) is 4.79 Å². The molecule has 5 nitrogen and oxygen atoms in total. The maximum atomic E-state index is 13.1. The fourth-order valence-corrected chi connectivity index (χ4v) is 4.04. The summed E-state index contributed by atoms with van der Waals surface area (Å²) >= 11 is 0. The molecule has 24 heavy (non-hydrogen) atoms. The predicted octanol–water partition coefficient (Wildman–Crippen LogP) is 3.15. The minimum Gasteiger partial charge on any atom is -0.451 e. The van der Waals surface area contributed by atoms with E-state index in [4.69, 9.17) is 13.9 Å². The highest BCUT2D eigenvalue weighted by Crippen LogP contribution is 2.33. The third-order valence-electron chi connectivity index (χ3n) is 5.20. The number of benzene rings is 1. The number of para-hydroxylation sites is 1. The smallest absolute Gasteiger partial charge is 0.290 e. The first-order valence-corrected chi connectivity index (χ1v) is 8.73. The van der Waals surface area contributed by atoms with Gasteiger partial charge in [-0.25, -0.2) is 0 Å². The fraction of sp³-hybridized carbons (Fsp3) is 0.526.